The standard InChI is InChI=1S/C11H15N3O5/c1-13-8(5-6-9(13)14(18)19)11(17)12-7-3-2-4-10(15)16/h5-6H,2-4,7H2,1H3,(H,12,17)(H,15,16). The number of amides is 1. The molecule has 0 radical (unpaired) electrons. The Labute approximate surface area is 109 Å². The van der Waals surface area contributed by atoms with Gasteiger partial charge in [0.05, 0.1) is 7.05 Å². The van der Waals surface area contributed by atoms with E-state index in [2.05, 4.69) is 5.32 Å². The fraction of sp³-hybridized carbons (Fsp3) is 0.455. The summed E-state index contributed by atoms with van der Waals surface area (Å²) < 4.78 is 1.20. The molecule has 1 aromatic rings. The van der Waals surface area contributed by atoms with Gasteiger partial charge in [0.15, 0.2) is 5.69 Å². The molecule has 0 aromatic carbocycles. The zero-order chi connectivity index (χ0) is 14.4. The number of aliphatic carboxylic acids is 1. The van der Waals surface area contributed by atoms with E-state index in [9.17, 15) is 19.7 Å². The molecule has 1 rings (SSSR count). The number of hydrogen-bond acceptors (Lipinski definition) is 4. The van der Waals surface area contributed by atoms with Crippen molar-refractivity contribution in [3.8, 4) is 0 Å². The molecule has 8 heteroatoms. The minimum atomic E-state index is -0.871. The van der Waals surface area contributed by atoms with Crippen molar-refractivity contribution < 1.29 is 19.6 Å². The van der Waals surface area contributed by atoms with E-state index in [0.29, 0.717) is 19.4 Å². The van der Waals surface area contributed by atoms with Crippen LogP contribution in [0.15, 0.2) is 12.1 Å². The topological polar surface area (TPSA) is 114 Å². The summed E-state index contributed by atoms with van der Waals surface area (Å²) in [5, 5.41) is 21.6. The lowest BCUT2D eigenvalue weighted by atomic mass is 10.2. The maximum atomic E-state index is 11.7. The first-order valence-electron chi connectivity index (χ1n) is 5.73. The van der Waals surface area contributed by atoms with E-state index in [1.807, 2.05) is 0 Å². The van der Waals surface area contributed by atoms with E-state index in [1.54, 1.807) is 0 Å². The lowest BCUT2D eigenvalue weighted by Crippen LogP contribution is -2.26. The Morgan fingerprint density at radius 1 is 1.42 bits per heavy atom. The van der Waals surface area contributed by atoms with Gasteiger partial charge in [-0.25, -0.2) is 4.57 Å². The molecule has 2 N–H and O–H groups in total. The van der Waals surface area contributed by atoms with Crippen LogP contribution in [0, 0.1) is 10.1 Å². The van der Waals surface area contributed by atoms with Gasteiger partial charge >= 0.3 is 11.8 Å². The second-order valence-corrected chi connectivity index (χ2v) is 4.00. The van der Waals surface area contributed by atoms with Crippen molar-refractivity contribution in [2.24, 2.45) is 7.05 Å². The number of nitrogens with one attached hydrogen (secondary N) is 1. The van der Waals surface area contributed by atoms with E-state index in [-0.39, 0.29) is 17.9 Å². The van der Waals surface area contributed by atoms with Crippen molar-refractivity contribution in [2.75, 3.05) is 6.54 Å². The van der Waals surface area contributed by atoms with E-state index < -0.39 is 16.8 Å². The Morgan fingerprint density at radius 3 is 2.63 bits per heavy atom. The number of carboxylic acids is 1. The van der Waals surface area contributed by atoms with E-state index in [0.717, 1.165) is 0 Å². The summed E-state index contributed by atoms with van der Waals surface area (Å²) in [6.45, 7) is 0.338. The third-order valence-electron chi connectivity index (χ3n) is 2.62. The monoisotopic (exact) mass is 269 g/mol. The molecule has 0 atom stereocenters. The lowest BCUT2D eigenvalue weighted by Gasteiger charge is -2.03. The SMILES string of the molecule is Cn1c(C(=O)NCCCCC(=O)O)ccc1[N+](=O)[O-]. The van der Waals surface area contributed by atoms with Gasteiger partial charge in [-0.2, -0.15) is 0 Å². The van der Waals surface area contributed by atoms with E-state index >= 15 is 0 Å². The average Bonchev–Trinajstić information content (AvgIpc) is 2.70. The highest BCUT2D eigenvalue weighted by molar-refractivity contribution is 5.93. The maximum Gasteiger partial charge on any atom is 0.323 e. The molecule has 0 saturated heterocycles. The predicted molar refractivity (Wildman–Crippen MR) is 65.9 cm³/mol. The molecule has 0 saturated carbocycles. The van der Waals surface area contributed by atoms with Gasteiger partial charge in [0.25, 0.3) is 5.91 Å². The smallest absolute Gasteiger partial charge is 0.323 e. The Kier molecular flexibility index (Phi) is 5.04. The first-order valence-corrected chi connectivity index (χ1v) is 5.73. The van der Waals surface area contributed by atoms with Gasteiger partial charge in [0.2, 0.25) is 0 Å². The third kappa shape index (κ3) is 4.09. The highest BCUT2D eigenvalue weighted by atomic mass is 16.6. The molecule has 0 bridgehead atoms. The number of nitrogens with zero attached hydrogens (tertiary/aromatic N) is 2. The van der Waals surface area contributed by atoms with Gasteiger partial charge in [-0.15, -0.1) is 0 Å². The van der Waals surface area contributed by atoms with Crippen LogP contribution in [0.3, 0.4) is 0 Å². The first kappa shape index (κ1) is 14.7. The van der Waals surface area contributed by atoms with Crippen LogP contribution in [-0.2, 0) is 11.8 Å². The minimum Gasteiger partial charge on any atom is -0.481 e. The largest absolute Gasteiger partial charge is 0.481 e. The molecule has 0 fully saturated rings. The van der Waals surface area contributed by atoms with Crippen molar-refractivity contribution >= 4 is 17.7 Å². The van der Waals surface area contributed by atoms with Crippen LogP contribution in [0.1, 0.15) is 29.8 Å². The summed E-state index contributed by atoms with van der Waals surface area (Å²) in [5.41, 5.74) is 0.199. The van der Waals surface area contributed by atoms with Crippen LogP contribution >= 0.6 is 0 Å². The molecular weight excluding hydrogens is 254 g/mol. The number of aromatic nitrogens is 1. The molecule has 0 aliphatic heterocycles. The molecule has 19 heavy (non-hydrogen) atoms. The van der Waals surface area contributed by atoms with Crippen molar-refractivity contribution in [3.63, 3.8) is 0 Å². The fourth-order valence-electron chi connectivity index (χ4n) is 1.61. The number of unbranched alkanes of at least 4 members (excludes halogenated alkanes) is 1. The molecular formula is C11H15N3O5. The normalized spacial score (nSPS) is 10.2. The van der Waals surface area contributed by atoms with Crippen LogP contribution in [0.2, 0.25) is 0 Å². The lowest BCUT2D eigenvalue weighted by molar-refractivity contribution is -0.391. The van der Waals surface area contributed by atoms with Crippen molar-refractivity contribution in [3.05, 3.63) is 27.9 Å². The average molecular weight is 269 g/mol. The summed E-state index contributed by atoms with van der Waals surface area (Å²) in [4.78, 5) is 32.1. The second kappa shape index (κ2) is 6.53. The van der Waals surface area contributed by atoms with Gasteiger partial charge in [0.1, 0.15) is 0 Å². The summed E-state index contributed by atoms with van der Waals surface area (Å²) in [5.74, 6) is -1.44. The molecule has 0 unspecified atom stereocenters. The minimum absolute atomic E-state index is 0.0610. The zero-order valence-corrected chi connectivity index (χ0v) is 10.5. The molecule has 1 aromatic heterocycles. The molecule has 1 heterocycles. The number of rotatable bonds is 7. The molecule has 0 aliphatic rings. The summed E-state index contributed by atoms with van der Waals surface area (Å²) in [7, 11) is 1.44. The molecule has 8 nitrogen and oxygen atoms in total. The number of nitro groups is 1. The van der Waals surface area contributed by atoms with E-state index in [4.69, 9.17) is 5.11 Å². The zero-order valence-electron chi connectivity index (χ0n) is 10.5. The first-order chi connectivity index (χ1) is 8.93. The predicted octanol–water partition coefficient (Wildman–Crippen LogP) is 0.918. The molecule has 0 spiro atoms. The van der Waals surface area contributed by atoms with Crippen molar-refractivity contribution in [1.29, 1.82) is 0 Å². The van der Waals surface area contributed by atoms with Crippen LogP contribution in [0.4, 0.5) is 5.82 Å². The second-order valence-electron chi connectivity index (χ2n) is 4.00. The summed E-state index contributed by atoms with van der Waals surface area (Å²) in [6, 6.07) is 2.64. The summed E-state index contributed by atoms with van der Waals surface area (Å²) >= 11 is 0. The number of carboxylic acid groups (broad SMARTS) is 1. The van der Waals surface area contributed by atoms with Crippen molar-refractivity contribution in [2.45, 2.75) is 19.3 Å². The fourth-order valence-corrected chi connectivity index (χ4v) is 1.61. The summed E-state index contributed by atoms with van der Waals surface area (Å²) in [6.07, 6.45) is 1.08. The van der Waals surface area contributed by atoms with Gasteiger partial charge < -0.3 is 20.5 Å². The van der Waals surface area contributed by atoms with Gasteiger partial charge in [-0.05, 0) is 23.8 Å². The van der Waals surface area contributed by atoms with Crippen molar-refractivity contribution in [1.82, 2.24) is 9.88 Å². The third-order valence-corrected chi connectivity index (χ3v) is 2.62. The van der Waals surface area contributed by atoms with Gasteiger partial charge in [-0.1, -0.05) is 0 Å². The highest BCUT2D eigenvalue weighted by Gasteiger charge is 2.19. The molecule has 0 aliphatic carbocycles. The van der Waals surface area contributed by atoms with Crippen LogP contribution in [0.25, 0.3) is 0 Å². The number of carbonyl (C=O) groups is 2. The number of carbonyl (C=O) groups excluding carboxylic acids is 1. The van der Waals surface area contributed by atoms with Crippen LogP contribution < -0.4 is 5.32 Å². The van der Waals surface area contributed by atoms with Crippen LogP contribution in [-0.4, -0.2) is 33.0 Å². The Balaban J connectivity index is 2.46. The van der Waals surface area contributed by atoms with E-state index in [1.165, 1.54) is 23.7 Å². The Hall–Kier alpha value is -2.38. The van der Waals surface area contributed by atoms with Gasteiger partial charge in [-0.3, -0.25) is 9.59 Å². The molecule has 104 valence electrons. The highest BCUT2D eigenvalue weighted by Crippen LogP contribution is 2.14. The number of hydrogen-bond donors (Lipinski definition) is 2. The molecule has 1 amide bonds. The maximum absolute atomic E-state index is 11.7. The van der Waals surface area contributed by atoms with Gasteiger partial charge in [0, 0.05) is 19.0 Å². The Bertz CT molecular complexity index is 495. The van der Waals surface area contributed by atoms with Crippen LogP contribution in [0.5, 0.6) is 0 Å². The quantitative estimate of drug-likeness (QED) is 0.434. The Morgan fingerprint density at radius 2 is 2.11 bits per heavy atom.